The molecule has 5 heteroatoms. The lowest BCUT2D eigenvalue weighted by Crippen LogP contribution is -2.49. The normalized spacial score (nSPS) is 28.3. The molecule has 0 spiro atoms. The standard InChI is InChI=1S/C18H24N2O3/c1-13(16(21)22)19-17(23)18-9-5-8-15(18)11-20(12-18)10-14-6-3-2-4-7-14/h2-4,6-7,13,15H,5,8-12H2,1H3,(H,19,23)(H,21,22)/t13?,15-,18-/m1/s1. The van der Waals surface area contributed by atoms with E-state index in [0.717, 1.165) is 38.9 Å². The fourth-order valence-corrected chi connectivity index (χ4v) is 4.13. The second-order valence-electron chi connectivity index (χ2n) is 6.93. The Labute approximate surface area is 136 Å². The summed E-state index contributed by atoms with van der Waals surface area (Å²) in [6, 6.07) is 9.44. The first kappa shape index (κ1) is 16.0. The zero-order valence-corrected chi connectivity index (χ0v) is 13.5. The zero-order valence-electron chi connectivity index (χ0n) is 13.5. The third kappa shape index (κ3) is 3.11. The quantitative estimate of drug-likeness (QED) is 0.870. The van der Waals surface area contributed by atoms with E-state index < -0.39 is 17.4 Å². The predicted molar refractivity (Wildman–Crippen MR) is 86.7 cm³/mol. The van der Waals surface area contributed by atoms with E-state index in [-0.39, 0.29) is 5.91 Å². The maximum Gasteiger partial charge on any atom is 0.325 e. The summed E-state index contributed by atoms with van der Waals surface area (Å²) in [5, 5.41) is 11.7. The molecule has 2 fully saturated rings. The van der Waals surface area contributed by atoms with Crippen molar-refractivity contribution in [1.29, 1.82) is 0 Å². The molecule has 1 aliphatic heterocycles. The molecule has 3 rings (SSSR count). The lowest BCUT2D eigenvalue weighted by molar-refractivity contribution is -0.143. The third-order valence-corrected chi connectivity index (χ3v) is 5.36. The highest BCUT2D eigenvalue weighted by molar-refractivity contribution is 5.88. The van der Waals surface area contributed by atoms with Crippen molar-refractivity contribution in [2.45, 2.75) is 38.8 Å². The van der Waals surface area contributed by atoms with Crippen LogP contribution in [-0.2, 0) is 16.1 Å². The van der Waals surface area contributed by atoms with E-state index in [4.69, 9.17) is 5.11 Å². The molecule has 0 radical (unpaired) electrons. The Morgan fingerprint density at radius 1 is 1.39 bits per heavy atom. The molecule has 1 unspecified atom stereocenters. The van der Waals surface area contributed by atoms with Crippen LogP contribution in [0.15, 0.2) is 30.3 Å². The van der Waals surface area contributed by atoms with E-state index >= 15 is 0 Å². The number of hydrogen-bond donors (Lipinski definition) is 2. The maximum atomic E-state index is 12.8. The number of benzene rings is 1. The van der Waals surface area contributed by atoms with E-state index in [2.05, 4.69) is 22.3 Å². The molecule has 1 aromatic rings. The van der Waals surface area contributed by atoms with Crippen molar-refractivity contribution in [2.75, 3.05) is 13.1 Å². The number of carboxylic acid groups (broad SMARTS) is 1. The van der Waals surface area contributed by atoms with Crippen LogP contribution < -0.4 is 5.32 Å². The first-order valence-corrected chi connectivity index (χ1v) is 8.31. The van der Waals surface area contributed by atoms with Crippen molar-refractivity contribution in [3.8, 4) is 0 Å². The van der Waals surface area contributed by atoms with Gasteiger partial charge in [-0.15, -0.1) is 0 Å². The molecule has 23 heavy (non-hydrogen) atoms. The average molecular weight is 316 g/mol. The first-order chi connectivity index (χ1) is 11.0. The molecular weight excluding hydrogens is 292 g/mol. The highest BCUT2D eigenvalue weighted by Gasteiger charge is 2.54. The molecule has 1 aromatic carbocycles. The number of amides is 1. The molecule has 0 bridgehead atoms. The fraction of sp³-hybridized carbons (Fsp3) is 0.556. The van der Waals surface area contributed by atoms with E-state index in [9.17, 15) is 9.59 Å². The van der Waals surface area contributed by atoms with Gasteiger partial charge in [0.25, 0.3) is 0 Å². The Bertz CT molecular complexity index is 589. The Kier molecular flexibility index (Phi) is 4.39. The van der Waals surface area contributed by atoms with Crippen LogP contribution in [0.1, 0.15) is 31.7 Å². The molecular formula is C18H24N2O3. The van der Waals surface area contributed by atoms with Gasteiger partial charge in [-0.3, -0.25) is 14.5 Å². The topological polar surface area (TPSA) is 69.6 Å². The lowest BCUT2D eigenvalue weighted by Gasteiger charge is -2.28. The first-order valence-electron chi connectivity index (χ1n) is 8.31. The fourth-order valence-electron chi connectivity index (χ4n) is 4.13. The van der Waals surface area contributed by atoms with Crippen LogP contribution >= 0.6 is 0 Å². The Morgan fingerprint density at radius 2 is 2.13 bits per heavy atom. The van der Waals surface area contributed by atoms with Crippen LogP contribution in [0.3, 0.4) is 0 Å². The number of hydrogen-bond acceptors (Lipinski definition) is 3. The summed E-state index contributed by atoms with van der Waals surface area (Å²) in [7, 11) is 0. The van der Waals surface area contributed by atoms with Gasteiger partial charge in [0.1, 0.15) is 6.04 Å². The Balaban J connectivity index is 1.70. The van der Waals surface area contributed by atoms with Gasteiger partial charge in [-0.1, -0.05) is 36.8 Å². The molecule has 1 heterocycles. The molecule has 1 amide bonds. The molecule has 5 nitrogen and oxygen atoms in total. The van der Waals surface area contributed by atoms with Gasteiger partial charge in [0.05, 0.1) is 5.41 Å². The van der Waals surface area contributed by atoms with Crippen molar-refractivity contribution < 1.29 is 14.7 Å². The van der Waals surface area contributed by atoms with E-state index in [1.54, 1.807) is 0 Å². The summed E-state index contributed by atoms with van der Waals surface area (Å²) in [6.45, 7) is 4.02. The largest absolute Gasteiger partial charge is 0.480 e. The molecule has 0 aromatic heterocycles. The SMILES string of the molecule is CC(NC(=O)[C@@]12CCC[C@@H]1CN(Cc1ccccc1)C2)C(=O)O. The predicted octanol–water partition coefficient (Wildman–Crippen LogP) is 1.88. The highest BCUT2D eigenvalue weighted by atomic mass is 16.4. The summed E-state index contributed by atoms with van der Waals surface area (Å²) >= 11 is 0. The summed E-state index contributed by atoms with van der Waals surface area (Å²) < 4.78 is 0. The van der Waals surface area contributed by atoms with Crippen LogP contribution in [0, 0.1) is 11.3 Å². The van der Waals surface area contributed by atoms with Gasteiger partial charge in [-0.05, 0) is 31.2 Å². The highest BCUT2D eigenvalue weighted by Crippen LogP contribution is 2.49. The van der Waals surface area contributed by atoms with Gasteiger partial charge in [0.2, 0.25) is 5.91 Å². The van der Waals surface area contributed by atoms with Crippen LogP contribution in [-0.4, -0.2) is 41.0 Å². The molecule has 124 valence electrons. The number of carbonyl (C=O) groups excluding carboxylic acids is 1. The van der Waals surface area contributed by atoms with Gasteiger partial charge in [0, 0.05) is 19.6 Å². The van der Waals surface area contributed by atoms with Gasteiger partial charge >= 0.3 is 5.97 Å². The van der Waals surface area contributed by atoms with Crippen molar-refractivity contribution in [1.82, 2.24) is 10.2 Å². The Morgan fingerprint density at radius 3 is 2.83 bits per heavy atom. The van der Waals surface area contributed by atoms with E-state index in [1.165, 1.54) is 12.5 Å². The minimum absolute atomic E-state index is 0.0783. The lowest BCUT2D eigenvalue weighted by atomic mass is 9.79. The number of nitrogens with zero attached hydrogens (tertiary/aromatic N) is 1. The van der Waals surface area contributed by atoms with E-state index in [1.807, 2.05) is 18.2 Å². The van der Waals surface area contributed by atoms with Crippen LogP contribution in [0.25, 0.3) is 0 Å². The number of fused-ring (bicyclic) bond motifs is 1. The van der Waals surface area contributed by atoms with E-state index in [0.29, 0.717) is 5.92 Å². The molecule has 2 N–H and O–H groups in total. The minimum atomic E-state index is -0.983. The summed E-state index contributed by atoms with van der Waals surface area (Å²) in [5.41, 5.74) is 0.848. The van der Waals surface area contributed by atoms with Crippen LogP contribution in [0.5, 0.6) is 0 Å². The summed E-state index contributed by atoms with van der Waals surface area (Å²) in [6.07, 6.45) is 2.97. The van der Waals surface area contributed by atoms with Crippen molar-refractivity contribution in [2.24, 2.45) is 11.3 Å². The molecule has 2 aliphatic rings. The second kappa shape index (κ2) is 6.32. The van der Waals surface area contributed by atoms with Crippen LogP contribution in [0.4, 0.5) is 0 Å². The van der Waals surface area contributed by atoms with Crippen molar-refractivity contribution in [3.63, 3.8) is 0 Å². The van der Waals surface area contributed by atoms with Crippen molar-refractivity contribution >= 4 is 11.9 Å². The van der Waals surface area contributed by atoms with Gasteiger partial charge < -0.3 is 10.4 Å². The monoisotopic (exact) mass is 316 g/mol. The average Bonchev–Trinajstić information content (AvgIpc) is 3.05. The molecule has 1 saturated carbocycles. The number of likely N-dealkylation sites (tertiary alicyclic amines) is 1. The Hall–Kier alpha value is -1.88. The maximum absolute atomic E-state index is 12.8. The van der Waals surface area contributed by atoms with Crippen molar-refractivity contribution in [3.05, 3.63) is 35.9 Å². The number of nitrogens with one attached hydrogen (secondary N) is 1. The number of aliphatic carboxylic acids is 1. The number of carboxylic acids is 1. The second-order valence-corrected chi connectivity index (χ2v) is 6.93. The summed E-state index contributed by atoms with van der Waals surface area (Å²) in [5.74, 6) is -0.721. The number of rotatable bonds is 5. The number of carbonyl (C=O) groups is 2. The zero-order chi connectivity index (χ0) is 16.4. The molecule has 1 aliphatic carbocycles. The smallest absolute Gasteiger partial charge is 0.325 e. The van der Waals surface area contributed by atoms with Crippen LogP contribution in [0.2, 0.25) is 0 Å². The molecule has 1 saturated heterocycles. The van der Waals surface area contributed by atoms with Gasteiger partial charge in [0.15, 0.2) is 0 Å². The minimum Gasteiger partial charge on any atom is -0.480 e. The van der Waals surface area contributed by atoms with Gasteiger partial charge in [-0.2, -0.15) is 0 Å². The van der Waals surface area contributed by atoms with Gasteiger partial charge in [-0.25, -0.2) is 0 Å². The third-order valence-electron chi connectivity index (χ3n) is 5.36. The summed E-state index contributed by atoms with van der Waals surface area (Å²) in [4.78, 5) is 26.1. The molecule has 3 atom stereocenters.